The van der Waals surface area contributed by atoms with Gasteiger partial charge in [0.2, 0.25) is 5.91 Å². The van der Waals surface area contributed by atoms with Crippen LogP contribution in [0.4, 0.5) is 13.2 Å². The largest absolute Gasteiger partial charge is 0.416 e. The van der Waals surface area contributed by atoms with Crippen molar-refractivity contribution in [2.75, 3.05) is 73.4 Å². The Bertz CT molecular complexity index is 1100. The lowest BCUT2D eigenvalue weighted by molar-refractivity contribution is -0.137. The van der Waals surface area contributed by atoms with Gasteiger partial charge in [-0.3, -0.25) is 9.69 Å². The SMILES string of the molecule is COCCOCCOCCO[C@H]1CCN(C[C@H](c2ccc(C(F)(F)F)cc2)N(C)C(=O)Cc2ccc(Cl)c(Cl)c2)C1.Cl. The number of hydrogen-bond acceptors (Lipinski definition) is 6. The summed E-state index contributed by atoms with van der Waals surface area (Å²) >= 11 is 12.1. The maximum atomic E-state index is 13.3. The summed E-state index contributed by atoms with van der Waals surface area (Å²) in [5, 5.41) is 0.742. The van der Waals surface area contributed by atoms with Crippen molar-refractivity contribution in [2.45, 2.75) is 31.2 Å². The van der Waals surface area contributed by atoms with Crippen LogP contribution in [-0.4, -0.2) is 95.2 Å². The van der Waals surface area contributed by atoms with Gasteiger partial charge >= 0.3 is 6.18 Å². The molecular formula is C29H38Cl3F3N2O5. The van der Waals surface area contributed by atoms with Crippen molar-refractivity contribution in [3.8, 4) is 0 Å². The molecule has 0 spiro atoms. The zero-order valence-electron chi connectivity index (χ0n) is 23.7. The molecule has 0 aliphatic carbocycles. The van der Waals surface area contributed by atoms with Crippen LogP contribution in [0, 0.1) is 0 Å². The van der Waals surface area contributed by atoms with Crippen molar-refractivity contribution < 1.29 is 36.9 Å². The number of likely N-dealkylation sites (N-methyl/N-ethyl adjacent to an activating group) is 1. The number of hydrogen-bond donors (Lipinski definition) is 0. The van der Waals surface area contributed by atoms with Crippen LogP contribution in [0.2, 0.25) is 10.0 Å². The smallest absolute Gasteiger partial charge is 0.382 e. The van der Waals surface area contributed by atoms with Crippen LogP contribution in [-0.2, 0) is 36.3 Å². The quantitative estimate of drug-likeness (QED) is 0.208. The van der Waals surface area contributed by atoms with Gasteiger partial charge in [-0.05, 0) is 41.8 Å². The lowest BCUT2D eigenvalue weighted by Crippen LogP contribution is -2.39. The van der Waals surface area contributed by atoms with Gasteiger partial charge in [-0.2, -0.15) is 13.2 Å². The molecule has 0 saturated carbocycles. The maximum absolute atomic E-state index is 13.3. The molecule has 1 amide bonds. The van der Waals surface area contributed by atoms with E-state index in [1.807, 2.05) is 0 Å². The normalized spacial score (nSPS) is 16.3. The molecule has 0 unspecified atom stereocenters. The molecule has 7 nitrogen and oxygen atoms in total. The van der Waals surface area contributed by atoms with Gasteiger partial charge in [0.15, 0.2) is 0 Å². The Labute approximate surface area is 261 Å². The first-order valence-electron chi connectivity index (χ1n) is 13.4. The van der Waals surface area contributed by atoms with Crippen LogP contribution >= 0.6 is 35.6 Å². The molecular weight excluding hydrogens is 620 g/mol. The summed E-state index contributed by atoms with van der Waals surface area (Å²) in [5.74, 6) is -0.191. The lowest BCUT2D eigenvalue weighted by Gasteiger charge is -2.32. The van der Waals surface area contributed by atoms with E-state index in [-0.39, 0.29) is 30.8 Å². The van der Waals surface area contributed by atoms with Gasteiger partial charge in [0, 0.05) is 33.8 Å². The Morgan fingerprint density at radius 1 is 1.00 bits per heavy atom. The summed E-state index contributed by atoms with van der Waals surface area (Å²) in [4.78, 5) is 17.0. The van der Waals surface area contributed by atoms with Gasteiger partial charge in [0.1, 0.15) is 0 Å². The standard InChI is InChI=1S/C29H37Cl2F3N2O5.ClH/c1-35(28(37)18-21-3-8-25(30)26(31)17-21)27(22-4-6-23(7-5-22)29(32,33)34)20-36-10-9-24(19-36)41-16-15-40-14-13-39-12-11-38-2;/h3-8,17,24,27H,9-16,18-20H2,1-2H3;1H/t24-,27+;/m0./s1. The molecule has 236 valence electrons. The van der Waals surface area contributed by atoms with Crippen molar-refractivity contribution in [1.29, 1.82) is 0 Å². The van der Waals surface area contributed by atoms with Gasteiger partial charge in [0.05, 0.1) is 73.8 Å². The summed E-state index contributed by atoms with van der Waals surface area (Å²) < 4.78 is 61.3. The predicted molar refractivity (Wildman–Crippen MR) is 159 cm³/mol. The van der Waals surface area contributed by atoms with E-state index >= 15 is 0 Å². The number of rotatable bonds is 16. The first-order valence-corrected chi connectivity index (χ1v) is 14.2. The fourth-order valence-corrected chi connectivity index (χ4v) is 4.87. The molecule has 1 aliphatic heterocycles. The second-order valence-electron chi connectivity index (χ2n) is 9.82. The van der Waals surface area contributed by atoms with E-state index in [0.717, 1.165) is 25.1 Å². The number of benzene rings is 2. The highest BCUT2D eigenvalue weighted by atomic mass is 35.5. The van der Waals surface area contributed by atoms with E-state index in [1.54, 1.807) is 37.3 Å². The second-order valence-corrected chi connectivity index (χ2v) is 10.6. The molecule has 1 fully saturated rings. The molecule has 2 atom stereocenters. The second kappa shape index (κ2) is 18.2. The number of methoxy groups -OCH3 is 1. The zero-order valence-corrected chi connectivity index (χ0v) is 26.0. The third-order valence-corrected chi connectivity index (χ3v) is 7.61. The monoisotopic (exact) mass is 656 g/mol. The van der Waals surface area contributed by atoms with E-state index in [2.05, 4.69) is 4.90 Å². The number of carbonyl (C=O) groups excluding carboxylic acids is 1. The van der Waals surface area contributed by atoms with Crippen LogP contribution in [0.5, 0.6) is 0 Å². The number of halogens is 6. The number of nitrogens with zero attached hydrogens (tertiary/aromatic N) is 2. The minimum Gasteiger partial charge on any atom is -0.382 e. The molecule has 1 saturated heterocycles. The van der Waals surface area contributed by atoms with Gasteiger partial charge in [0.25, 0.3) is 0 Å². The molecule has 13 heteroatoms. The average molecular weight is 658 g/mol. The number of ether oxygens (including phenoxy) is 4. The Morgan fingerprint density at radius 2 is 1.64 bits per heavy atom. The van der Waals surface area contributed by atoms with Crippen molar-refractivity contribution in [2.24, 2.45) is 0 Å². The van der Waals surface area contributed by atoms with E-state index < -0.39 is 17.8 Å². The maximum Gasteiger partial charge on any atom is 0.416 e. The molecule has 3 rings (SSSR count). The van der Waals surface area contributed by atoms with Crippen LogP contribution < -0.4 is 0 Å². The minimum absolute atomic E-state index is 0. The van der Waals surface area contributed by atoms with Gasteiger partial charge < -0.3 is 23.8 Å². The fourth-order valence-electron chi connectivity index (χ4n) is 4.55. The van der Waals surface area contributed by atoms with Crippen LogP contribution in [0.3, 0.4) is 0 Å². The van der Waals surface area contributed by atoms with Crippen LogP contribution in [0.15, 0.2) is 42.5 Å². The Hall–Kier alpha value is -1.63. The van der Waals surface area contributed by atoms with E-state index in [1.165, 1.54) is 12.1 Å². The predicted octanol–water partition coefficient (Wildman–Crippen LogP) is 5.95. The summed E-state index contributed by atoms with van der Waals surface area (Å²) in [6, 6.07) is 9.53. The van der Waals surface area contributed by atoms with Gasteiger partial charge in [-0.15, -0.1) is 12.4 Å². The van der Waals surface area contributed by atoms with Crippen LogP contribution in [0.25, 0.3) is 0 Å². The molecule has 0 bridgehead atoms. The van der Waals surface area contributed by atoms with E-state index in [0.29, 0.717) is 73.9 Å². The molecule has 0 N–H and O–H groups in total. The first kappa shape index (κ1) is 36.6. The van der Waals surface area contributed by atoms with Crippen molar-refractivity contribution in [3.63, 3.8) is 0 Å². The zero-order chi connectivity index (χ0) is 29.8. The summed E-state index contributed by atoms with van der Waals surface area (Å²) in [6.45, 7) is 4.76. The Kier molecular flexibility index (Phi) is 15.9. The molecule has 1 heterocycles. The topological polar surface area (TPSA) is 60.5 Å². The summed E-state index contributed by atoms with van der Waals surface area (Å²) in [5.41, 5.74) is 0.581. The first-order chi connectivity index (χ1) is 19.6. The highest BCUT2D eigenvalue weighted by Crippen LogP contribution is 2.32. The van der Waals surface area contributed by atoms with Crippen molar-refractivity contribution in [3.05, 3.63) is 69.2 Å². The Morgan fingerprint density at radius 3 is 2.26 bits per heavy atom. The van der Waals surface area contributed by atoms with Crippen LogP contribution in [0.1, 0.15) is 29.2 Å². The summed E-state index contributed by atoms with van der Waals surface area (Å²) in [6.07, 6.45) is -3.56. The van der Waals surface area contributed by atoms with E-state index in [9.17, 15) is 18.0 Å². The molecule has 0 aromatic heterocycles. The molecule has 2 aromatic carbocycles. The van der Waals surface area contributed by atoms with E-state index in [4.69, 9.17) is 42.1 Å². The third kappa shape index (κ3) is 11.8. The van der Waals surface area contributed by atoms with Gasteiger partial charge in [-0.1, -0.05) is 41.4 Å². The van der Waals surface area contributed by atoms with Crippen molar-refractivity contribution in [1.82, 2.24) is 9.80 Å². The lowest BCUT2D eigenvalue weighted by atomic mass is 10.0. The Balaban J connectivity index is 0.00000616. The fraction of sp³-hybridized carbons (Fsp3) is 0.552. The summed E-state index contributed by atoms with van der Waals surface area (Å²) in [7, 11) is 3.29. The minimum atomic E-state index is -4.44. The highest BCUT2D eigenvalue weighted by Gasteiger charge is 2.32. The highest BCUT2D eigenvalue weighted by molar-refractivity contribution is 6.42. The molecule has 1 aliphatic rings. The van der Waals surface area contributed by atoms with Gasteiger partial charge in [-0.25, -0.2) is 0 Å². The number of amides is 1. The number of likely N-dealkylation sites (tertiary alicyclic amines) is 1. The molecule has 2 aromatic rings. The third-order valence-electron chi connectivity index (χ3n) is 6.87. The molecule has 0 radical (unpaired) electrons. The molecule has 42 heavy (non-hydrogen) atoms. The number of carbonyl (C=O) groups is 1. The van der Waals surface area contributed by atoms with Crippen molar-refractivity contribution >= 4 is 41.5 Å². The number of alkyl halides is 3. The average Bonchev–Trinajstić information content (AvgIpc) is 3.39.